The summed E-state index contributed by atoms with van der Waals surface area (Å²) < 4.78 is 16.3. The number of aliphatic hydroxyl groups is 3. The van der Waals surface area contributed by atoms with Crippen molar-refractivity contribution in [3.63, 3.8) is 0 Å². The number of aliphatic hydroxyl groups excluding tert-OH is 3. The van der Waals surface area contributed by atoms with Gasteiger partial charge in [-0.3, -0.25) is 14.3 Å². The predicted octanol–water partition coefficient (Wildman–Crippen LogP) is -1.00. The summed E-state index contributed by atoms with van der Waals surface area (Å²) in [6, 6.07) is 5.14. The SMILES string of the molecule is Cc1cc2cc3c(=O)[nH]c(=O)nc-3n(CC(O)C(O)C(O)COP(=O)(O)O)c2cc1C. The van der Waals surface area contributed by atoms with Crippen molar-refractivity contribution in [1.82, 2.24) is 14.5 Å². The fourth-order valence-corrected chi connectivity index (χ4v) is 3.58. The zero-order valence-corrected chi connectivity index (χ0v) is 17.5. The normalized spacial score (nSPS) is 15.3. The summed E-state index contributed by atoms with van der Waals surface area (Å²) in [6.45, 7) is 2.41. The first-order chi connectivity index (χ1) is 14.4. The molecule has 6 N–H and O–H groups in total. The maximum Gasteiger partial charge on any atom is 0.469 e. The highest BCUT2D eigenvalue weighted by Gasteiger charge is 2.29. The average molecular weight is 455 g/mol. The van der Waals surface area contributed by atoms with Crippen LogP contribution in [0.4, 0.5) is 0 Å². The predicted molar refractivity (Wildman–Crippen MR) is 109 cm³/mol. The number of aryl methyl sites for hydroxylation is 2. The Labute approximate surface area is 175 Å². The van der Waals surface area contributed by atoms with Crippen molar-refractivity contribution in [3.05, 3.63) is 50.2 Å². The molecular formula is C18H22N3O9P. The summed E-state index contributed by atoms with van der Waals surface area (Å²) in [4.78, 5) is 47.5. The van der Waals surface area contributed by atoms with Gasteiger partial charge in [-0.05, 0) is 48.6 Å². The van der Waals surface area contributed by atoms with E-state index in [-0.39, 0.29) is 17.9 Å². The lowest BCUT2D eigenvalue weighted by atomic mass is 10.0. The van der Waals surface area contributed by atoms with Crippen LogP contribution in [-0.4, -0.2) is 64.6 Å². The minimum Gasteiger partial charge on any atom is -0.388 e. The van der Waals surface area contributed by atoms with Crippen molar-refractivity contribution in [1.29, 1.82) is 0 Å². The molecule has 2 aliphatic heterocycles. The fraction of sp³-hybridized carbons (Fsp3) is 0.389. The van der Waals surface area contributed by atoms with E-state index in [2.05, 4.69) is 14.5 Å². The number of hydrogen-bond donors (Lipinski definition) is 6. The Morgan fingerprint density at radius 1 is 1.10 bits per heavy atom. The number of rotatable bonds is 7. The number of pyridine rings is 1. The third kappa shape index (κ3) is 5.08. The molecule has 0 fully saturated rings. The molecular weight excluding hydrogens is 433 g/mol. The van der Waals surface area contributed by atoms with Crippen molar-refractivity contribution in [2.24, 2.45) is 0 Å². The van der Waals surface area contributed by atoms with Gasteiger partial charge in [-0.1, -0.05) is 0 Å². The molecule has 0 aliphatic carbocycles. The molecule has 13 heteroatoms. The molecule has 3 rings (SSSR count). The van der Waals surface area contributed by atoms with Crippen molar-refractivity contribution in [2.45, 2.75) is 38.7 Å². The Balaban J connectivity index is 2.06. The molecule has 0 amide bonds. The molecule has 0 aromatic heterocycles. The largest absolute Gasteiger partial charge is 0.469 e. The van der Waals surface area contributed by atoms with Gasteiger partial charge >= 0.3 is 13.5 Å². The van der Waals surface area contributed by atoms with E-state index >= 15 is 0 Å². The highest BCUT2D eigenvalue weighted by atomic mass is 31.2. The Morgan fingerprint density at radius 3 is 2.39 bits per heavy atom. The molecule has 0 bridgehead atoms. The molecule has 2 heterocycles. The number of benzene rings is 1. The number of aromatic nitrogens is 3. The van der Waals surface area contributed by atoms with Crippen LogP contribution in [0.15, 0.2) is 27.8 Å². The van der Waals surface area contributed by atoms with Crippen LogP contribution in [0.5, 0.6) is 0 Å². The highest BCUT2D eigenvalue weighted by Crippen LogP contribution is 2.36. The van der Waals surface area contributed by atoms with Crippen molar-refractivity contribution < 1.29 is 34.2 Å². The maximum atomic E-state index is 12.3. The van der Waals surface area contributed by atoms with Crippen LogP contribution in [0.1, 0.15) is 11.1 Å². The van der Waals surface area contributed by atoms with Gasteiger partial charge < -0.3 is 29.7 Å². The van der Waals surface area contributed by atoms with Crippen LogP contribution in [0.25, 0.3) is 22.3 Å². The van der Waals surface area contributed by atoms with Gasteiger partial charge in [0.15, 0.2) is 5.82 Å². The molecule has 1 aromatic rings. The smallest absolute Gasteiger partial charge is 0.388 e. The number of nitrogens with one attached hydrogen (secondary N) is 1. The Hall–Kier alpha value is -2.44. The van der Waals surface area contributed by atoms with Crippen LogP contribution in [0, 0.1) is 13.8 Å². The maximum absolute atomic E-state index is 12.3. The summed E-state index contributed by atoms with van der Waals surface area (Å²) in [5.41, 5.74) is 0.864. The van der Waals surface area contributed by atoms with Gasteiger partial charge in [-0.15, -0.1) is 0 Å². The molecule has 31 heavy (non-hydrogen) atoms. The second-order valence-corrected chi connectivity index (χ2v) is 8.51. The van der Waals surface area contributed by atoms with Crippen molar-refractivity contribution in [3.8, 4) is 11.4 Å². The van der Waals surface area contributed by atoms with Crippen LogP contribution < -0.4 is 11.2 Å². The average Bonchev–Trinajstić information content (AvgIpc) is 2.67. The Kier molecular flexibility index (Phi) is 6.44. The number of nitrogens with zero attached hydrogens (tertiary/aromatic N) is 2. The molecule has 0 saturated carbocycles. The summed E-state index contributed by atoms with van der Waals surface area (Å²) in [5, 5.41) is 31.2. The van der Waals surface area contributed by atoms with Crippen LogP contribution in [-0.2, 0) is 15.6 Å². The van der Waals surface area contributed by atoms with E-state index in [0.717, 1.165) is 11.1 Å². The second kappa shape index (κ2) is 8.60. The van der Waals surface area contributed by atoms with Gasteiger partial charge in [-0.2, -0.15) is 4.98 Å². The lowest BCUT2D eigenvalue weighted by Crippen LogP contribution is -2.42. The quantitative estimate of drug-likeness (QED) is 0.190. The first-order valence-electron chi connectivity index (χ1n) is 9.16. The van der Waals surface area contributed by atoms with Crippen molar-refractivity contribution >= 4 is 18.7 Å². The van der Waals surface area contributed by atoms with Crippen LogP contribution in [0.2, 0.25) is 0 Å². The number of fused-ring (bicyclic) bond motifs is 2. The molecule has 12 nitrogen and oxygen atoms in total. The summed E-state index contributed by atoms with van der Waals surface area (Å²) in [6.07, 6.45) is -5.34. The van der Waals surface area contributed by atoms with E-state index in [9.17, 15) is 29.5 Å². The molecule has 3 unspecified atom stereocenters. The van der Waals surface area contributed by atoms with Gasteiger partial charge in [-0.25, -0.2) is 9.36 Å². The first-order valence-corrected chi connectivity index (χ1v) is 10.7. The number of phosphoric ester groups is 1. The minimum absolute atomic E-state index is 0.0308. The van der Waals surface area contributed by atoms with Crippen LogP contribution >= 0.6 is 7.82 Å². The van der Waals surface area contributed by atoms with Gasteiger partial charge in [0.05, 0.1) is 24.2 Å². The fourth-order valence-electron chi connectivity index (χ4n) is 3.24. The standard InChI is InChI=1S/C18H22N3O9P/c1-8-3-10-5-11-16(19-18(26)20-17(11)25)21(12(10)4-9(8)2)6-13(22)15(24)14(23)7-30-31(27,28)29/h3-5,13-15,22-24H,6-7H2,1-2H3,(H,20,25,26)(H2,27,28,29). The van der Waals surface area contributed by atoms with Crippen molar-refractivity contribution in [2.75, 3.05) is 6.61 Å². The molecule has 0 saturated heterocycles. The summed E-state index contributed by atoms with van der Waals surface area (Å²) in [7, 11) is -4.88. The van der Waals surface area contributed by atoms with E-state index in [1.54, 1.807) is 12.1 Å². The van der Waals surface area contributed by atoms with Gasteiger partial charge in [0.2, 0.25) is 0 Å². The summed E-state index contributed by atoms with van der Waals surface area (Å²) >= 11 is 0. The molecule has 168 valence electrons. The highest BCUT2D eigenvalue weighted by molar-refractivity contribution is 7.46. The first kappa shape index (κ1) is 23.2. The van der Waals surface area contributed by atoms with E-state index in [0.29, 0.717) is 10.9 Å². The molecule has 0 spiro atoms. The zero-order chi connectivity index (χ0) is 23.1. The van der Waals surface area contributed by atoms with Crippen LogP contribution in [0.3, 0.4) is 0 Å². The van der Waals surface area contributed by atoms with Gasteiger partial charge in [0, 0.05) is 0 Å². The third-order valence-corrected chi connectivity index (χ3v) is 5.46. The van der Waals surface area contributed by atoms with Gasteiger partial charge in [0.25, 0.3) is 5.56 Å². The minimum atomic E-state index is -4.88. The molecule has 1 aromatic carbocycles. The third-order valence-electron chi connectivity index (χ3n) is 4.97. The topological polar surface area (TPSA) is 195 Å². The van der Waals surface area contributed by atoms with E-state index in [1.807, 2.05) is 19.9 Å². The number of phosphoric acid groups is 1. The van der Waals surface area contributed by atoms with Gasteiger partial charge in [0.1, 0.15) is 18.3 Å². The Morgan fingerprint density at radius 2 is 1.74 bits per heavy atom. The summed E-state index contributed by atoms with van der Waals surface area (Å²) in [5.74, 6) is -0.0308. The van der Waals surface area contributed by atoms with E-state index < -0.39 is 44.0 Å². The van der Waals surface area contributed by atoms with E-state index in [4.69, 9.17) is 9.79 Å². The number of hydrogen-bond acceptors (Lipinski definition) is 8. The second-order valence-electron chi connectivity index (χ2n) is 7.27. The molecule has 0 radical (unpaired) electrons. The number of aromatic amines is 1. The molecule has 3 atom stereocenters. The number of H-pyrrole nitrogens is 1. The monoisotopic (exact) mass is 455 g/mol. The van der Waals surface area contributed by atoms with E-state index in [1.165, 1.54) is 4.57 Å². The zero-order valence-electron chi connectivity index (χ0n) is 16.6. The lowest BCUT2D eigenvalue weighted by Gasteiger charge is -2.26. The Bertz CT molecular complexity index is 1250. The lowest BCUT2D eigenvalue weighted by molar-refractivity contribution is -0.0793. The molecule has 2 aliphatic rings.